The van der Waals surface area contributed by atoms with E-state index in [-0.39, 0.29) is 17.5 Å². The lowest BCUT2D eigenvalue weighted by Gasteiger charge is -2.38. The molecule has 1 heterocycles. The van der Waals surface area contributed by atoms with Gasteiger partial charge in [0, 0.05) is 16.5 Å². The fourth-order valence-corrected chi connectivity index (χ4v) is 4.25. The summed E-state index contributed by atoms with van der Waals surface area (Å²) in [5, 5.41) is 15.3. The van der Waals surface area contributed by atoms with E-state index in [0.29, 0.717) is 5.92 Å². The molecule has 1 aliphatic heterocycles. The Morgan fingerprint density at radius 3 is 2.68 bits per heavy atom. The van der Waals surface area contributed by atoms with E-state index in [4.69, 9.17) is 16.3 Å². The molecule has 3 atom stereocenters. The zero-order chi connectivity index (χ0) is 17.6. The van der Waals surface area contributed by atoms with Crippen molar-refractivity contribution in [2.24, 2.45) is 5.92 Å². The topological polar surface area (TPSA) is 61.4 Å². The minimum Gasteiger partial charge on any atom is -0.545 e. The van der Waals surface area contributed by atoms with Gasteiger partial charge in [0.2, 0.25) is 0 Å². The molecule has 0 radical (unpaired) electrons. The first-order valence-corrected chi connectivity index (χ1v) is 8.59. The quantitative estimate of drug-likeness (QED) is 0.856. The maximum absolute atomic E-state index is 11.0. The van der Waals surface area contributed by atoms with Crippen LogP contribution >= 0.6 is 11.6 Å². The Kier molecular flexibility index (Phi) is 3.92. The van der Waals surface area contributed by atoms with Gasteiger partial charge in [0.05, 0.1) is 24.8 Å². The highest BCUT2D eigenvalue weighted by atomic mass is 35.5. The van der Waals surface area contributed by atoms with E-state index in [1.807, 2.05) is 24.3 Å². The maximum Gasteiger partial charge on any atom is 0.142 e. The summed E-state index contributed by atoms with van der Waals surface area (Å²) in [5.41, 5.74) is 3.21. The van der Waals surface area contributed by atoms with Crippen LogP contribution in [-0.4, -0.2) is 13.1 Å². The first-order valence-electron chi connectivity index (χ1n) is 8.21. The molecule has 4 rings (SSSR count). The van der Waals surface area contributed by atoms with Gasteiger partial charge < -0.3 is 20.0 Å². The summed E-state index contributed by atoms with van der Waals surface area (Å²) in [4.78, 5) is 11.0. The van der Waals surface area contributed by atoms with Gasteiger partial charge in [0.15, 0.2) is 0 Å². The number of hydrogen-bond acceptors (Lipinski definition) is 4. The van der Waals surface area contributed by atoms with Crippen LogP contribution in [0.3, 0.4) is 0 Å². The number of carboxylic acids is 1. The fourth-order valence-electron chi connectivity index (χ4n) is 3.96. The number of allylic oxidation sites excluding steroid dienone is 2. The van der Waals surface area contributed by atoms with Gasteiger partial charge >= 0.3 is 0 Å². The molecule has 0 saturated carbocycles. The van der Waals surface area contributed by atoms with Gasteiger partial charge in [0.1, 0.15) is 5.75 Å². The highest BCUT2D eigenvalue weighted by Gasteiger charge is 2.40. The van der Waals surface area contributed by atoms with Crippen molar-refractivity contribution in [3.8, 4) is 5.75 Å². The smallest absolute Gasteiger partial charge is 0.142 e. The molecule has 0 unspecified atom stereocenters. The number of anilines is 1. The number of carboxylic acid groups (broad SMARTS) is 1. The van der Waals surface area contributed by atoms with Crippen LogP contribution in [0.2, 0.25) is 5.02 Å². The van der Waals surface area contributed by atoms with Crippen LogP contribution in [0, 0.1) is 5.92 Å². The Hall–Kier alpha value is -2.46. The summed E-state index contributed by atoms with van der Waals surface area (Å²) in [5.74, 6) is 0.132. The Morgan fingerprint density at radius 1 is 1.24 bits per heavy atom. The molecular formula is C20H17ClNO3-. The van der Waals surface area contributed by atoms with Crippen LogP contribution in [0.1, 0.15) is 39.9 Å². The van der Waals surface area contributed by atoms with E-state index in [1.54, 1.807) is 19.2 Å². The van der Waals surface area contributed by atoms with Gasteiger partial charge in [-0.1, -0.05) is 48.0 Å². The fraction of sp³-hybridized carbons (Fsp3) is 0.250. The number of methoxy groups -OCH3 is 1. The lowest BCUT2D eigenvalue weighted by molar-refractivity contribution is -0.255. The van der Waals surface area contributed by atoms with E-state index in [0.717, 1.165) is 34.0 Å². The monoisotopic (exact) mass is 354 g/mol. The van der Waals surface area contributed by atoms with Crippen molar-refractivity contribution < 1.29 is 14.6 Å². The van der Waals surface area contributed by atoms with E-state index in [1.165, 1.54) is 0 Å². The van der Waals surface area contributed by atoms with Crippen molar-refractivity contribution in [2.75, 3.05) is 12.4 Å². The predicted molar refractivity (Wildman–Crippen MR) is 95.1 cm³/mol. The second-order valence-corrected chi connectivity index (χ2v) is 6.83. The Bertz CT molecular complexity index is 860. The van der Waals surface area contributed by atoms with E-state index in [9.17, 15) is 9.90 Å². The number of fused-ring (bicyclic) bond motifs is 3. The van der Waals surface area contributed by atoms with Crippen LogP contribution in [0.15, 0.2) is 48.6 Å². The summed E-state index contributed by atoms with van der Waals surface area (Å²) >= 11 is 6.49. The number of rotatable bonds is 3. The van der Waals surface area contributed by atoms with Gasteiger partial charge in [-0.15, -0.1) is 0 Å². The molecule has 0 spiro atoms. The van der Waals surface area contributed by atoms with Crippen molar-refractivity contribution in [2.45, 2.75) is 18.4 Å². The summed E-state index contributed by atoms with van der Waals surface area (Å²) < 4.78 is 5.52. The number of carbonyl (C=O) groups is 1. The Labute approximate surface area is 151 Å². The van der Waals surface area contributed by atoms with Crippen LogP contribution in [-0.2, 0) is 0 Å². The lowest BCUT2D eigenvalue weighted by Crippen LogP contribution is -2.29. The normalized spacial score (nSPS) is 23.5. The maximum atomic E-state index is 11.0. The standard InChI is InChI=1S/C20H18ClNO3/c1-25-16-10-9-15(21)17-13-3-2-4-14(13)18(22-19(16)17)11-5-7-12(8-6-11)20(23)24/h2-3,5-10,13-14,18,22H,4H2,1H3,(H,23,24)/p-1/t13-,14-,18-/m0/s1. The van der Waals surface area contributed by atoms with Gasteiger partial charge in [0.25, 0.3) is 0 Å². The molecule has 128 valence electrons. The van der Waals surface area contributed by atoms with Crippen LogP contribution in [0.25, 0.3) is 0 Å². The largest absolute Gasteiger partial charge is 0.545 e. The summed E-state index contributed by atoms with van der Waals surface area (Å²) in [7, 11) is 1.64. The van der Waals surface area contributed by atoms with Crippen molar-refractivity contribution in [3.63, 3.8) is 0 Å². The number of hydrogen-bond donors (Lipinski definition) is 1. The molecule has 0 bridgehead atoms. The molecule has 1 aliphatic carbocycles. The van der Waals surface area contributed by atoms with E-state index in [2.05, 4.69) is 17.5 Å². The van der Waals surface area contributed by atoms with Crippen LogP contribution in [0.4, 0.5) is 5.69 Å². The molecule has 0 aromatic heterocycles. The van der Waals surface area contributed by atoms with Gasteiger partial charge in [-0.3, -0.25) is 0 Å². The molecule has 2 aromatic rings. The second kappa shape index (κ2) is 6.12. The lowest BCUT2D eigenvalue weighted by atomic mass is 9.76. The van der Waals surface area contributed by atoms with Crippen molar-refractivity contribution >= 4 is 23.3 Å². The number of halogens is 1. The minimum absolute atomic E-state index is 0.0515. The molecule has 2 aliphatic rings. The molecule has 0 amide bonds. The molecule has 2 aromatic carbocycles. The highest BCUT2D eigenvalue weighted by Crippen LogP contribution is 2.54. The molecule has 0 fully saturated rings. The molecule has 4 nitrogen and oxygen atoms in total. The SMILES string of the molecule is COc1ccc(Cl)c2c1N[C@@H](c1ccc(C(=O)[O-])cc1)[C@H]1CC=C[C@H]21. The zero-order valence-electron chi connectivity index (χ0n) is 13.7. The molecule has 0 saturated heterocycles. The molecule has 25 heavy (non-hydrogen) atoms. The predicted octanol–water partition coefficient (Wildman–Crippen LogP) is 3.54. The Morgan fingerprint density at radius 2 is 2.00 bits per heavy atom. The van der Waals surface area contributed by atoms with Crippen molar-refractivity contribution in [1.29, 1.82) is 0 Å². The first kappa shape index (κ1) is 16.0. The number of benzene rings is 2. The third kappa shape index (κ3) is 2.57. The number of carbonyl (C=O) groups excluding carboxylic acids is 1. The first-order chi connectivity index (χ1) is 12.1. The zero-order valence-corrected chi connectivity index (χ0v) is 14.4. The summed E-state index contributed by atoms with van der Waals surface area (Å²) in [6, 6.07) is 10.7. The van der Waals surface area contributed by atoms with Crippen LogP contribution in [0.5, 0.6) is 5.75 Å². The highest BCUT2D eigenvalue weighted by molar-refractivity contribution is 6.32. The number of aromatic carboxylic acids is 1. The molecule has 1 N–H and O–H groups in total. The third-order valence-corrected chi connectivity index (χ3v) is 5.48. The van der Waals surface area contributed by atoms with E-state index >= 15 is 0 Å². The van der Waals surface area contributed by atoms with Gasteiger partial charge in [-0.2, -0.15) is 0 Å². The third-order valence-electron chi connectivity index (χ3n) is 5.15. The van der Waals surface area contributed by atoms with Gasteiger partial charge in [-0.05, 0) is 35.6 Å². The number of nitrogens with one attached hydrogen (secondary N) is 1. The minimum atomic E-state index is -1.16. The average molecular weight is 355 g/mol. The van der Waals surface area contributed by atoms with Crippen molar-refractivity contribution in [1.82, 2.24) is 0 Å². The average Bonchev–Trinajstić information content (AvgIpc) is 3.11. The van der Waals surface area contributed by atoms with Crippen LogP contribution < -0.4 is 15.2 Å². The van der Waals surface area contributed by atoms with Crippen molar-refractivity contribution in [3.05, 3.63) is 70.3 Å². The summed E-state index contributed by atoms with van der Waals surface area (Å²) in [6.45, 7) is 0. The van der Waals surface area contributed by atoms with E-state index < -0.39 is 5.97 Å². The molecular weight excluding hydrogens is 338 g/mol. The van der Waals surface area contributed by atoms with Gasteiger partial charge in [-0.25, -0.2) is 0 Å². The second-order valence-electron chi connectivity index (χ2n) is 6.42. The molecule has 5 heteroatoms. The number of ether oxygens (including phenoxy) is 1. The Balaban J connectivity index is 1.79. The summed E-state index contributed by atoms with van der Waals surface area (Å²) in [6.07, 6.45) is 5.33.